The molecule has 1 atom stereocenters. The summed E-state index contributed by atoms with van der Waals surface area (Å²) in [5, 5.41) is 13.3. The second-order valence-corrected chi connectivity index (χ2v) is 7.51. The van der Waals surface area contributed by atoms with Crippen LogP contribution in [0.25, 0.3) is 10.9 Å². The highest BCUT2D eigenvalue weighted by atomic mass is 16.2. The molecule has 4 rings (SSSR count). The number of benzene rings is 2. The van der Waals surface area contributed by atoms with E-state index in [9.17, 15) is 19.2 Å². The van der Waals surface area contributed by atoms with Gasteiger partial charge in [-0.1, -0.05) is 36.4 Å². The van der Waals surface area contributed by atoms with Crippen LogP contribution in [-0.2, 0) is 26.3 Å². The summed E-state index contributed by atoms with van der Waals surface area (Å²) >= 11 is 0. The Kier molecular flexibility index (Phi) is 5.33. The second-order valence-electron chi connectivity index (χ2n) is 7.51. The van der Waals surface area contributed by atoms with Crippen molar-refractivity contribution in [1.29, 1.82) is 0 Å². The van der Waals surface area contributed by atoms with E-state index in [-0.39, 0.29) is 23.9 Å². The Hall–Kier alpha value is -3.88. The fourth-order valence-corrected chi connectivity index (χ4v) is 3.90. The maximum atomic E-state index is 12.5. The van der Waals surface area contributed by atoms with Crippen LogP contribution >= 0.6 is 0 Å². The van der Waals surface area contributed by atoms with Gasteiger partial charge >= 0.3 is 0 Å². The van der Waals surface area contributed by atoms with Gasteiger partial charge in [-0.3, -0.25) is 24.5 Å². The van der Waals surface area contributed by atoms with Crippen LogP contribution in [-0.4, -0.2) is 32.7 Å². The predicted octanol–water partition coefficient (Wildman–Crippen LogP) is 1.51. The van der Waals surface area contributed by atoms with Gasteiger partial charge in [0.15, 0.2) is 0 Å². The Labute approximate surface area is 177 Å². The van der Waals surface area contributed by atoms with Crippen LogP contribution in [0.4, 0.5) is 5.69 Å². The topological polar surface area (TPSA) is 123 Å². The molecule has 2 heterocycles. The van der Waals surface area contributed by atoms with Gasteiger partial charge in [-0.25, -0.2) is 4.68 Å². The lowest BCUT2D eigenvalue weighted by Crippen LogP contribution is -2.51. The van der Waals surface area contributed by atoms with Gasteiger partial charge in [0.25, 0.3) is 5.56 Å². The number of carbonyl (C=O) groups excluding carboxylic acids is 3. The standard InChI is InChI=1S/C22H21N5O4/c1-2-22(12-11-18(28)24-21(22)31)14-7-9-15(10-8-14)23-19(29)13-27-20(30)16-5-3-4-6-17(16)25-26-27/h3-10H,2,11-13H2,1H3,(H,23,29)(H,24,28,31)/t22-/m0/s1. The molecule has 9 nitrogen and oxygen atoms in total. The normalized spacial score (nSPS) is 18.6. The molecule has 158 valence electrons. The van der Waals surface area contributed by atoms with Gasteiger partial charge in [0, 0.05) is 12.1 Å². The van der Waals surface area contributed by atoms with Crippen molar-refractivity contribution in [3.63, 3.8) is 0 Å². The van der Waals surface area contributed by atoms with E-state index >= 15 is 0 Å². The molecule has 1 saturated heterocycles. The highest BCUT2D eigenvalue weighted by Crippen LogP contribution is 2.36. The van der Waals surface area contributed by atoms with Crippen molar-refractivity contribution in [3.05, 3.63) is 64.4 Å². The fraction of sp³-hybridized carbons (Fsp3) is 0.273. The Morgan fingerprint density at radius 3 is 2.58 bits per heavy atom. The lowest BCUT2D eigenvalue weighted by molar-refractivity contribution is -0.138. The molecule has 3 aromatic rings. The summed E-state index contributed by atoms with van der Waals surface area (Å²) in [6.07, 6.45) is 1.30. The van der Waals surface area contributed by atoms with E-state index in [0.717, 1.165) is 10.2 Å². The predicted molar refractivity (Wildman–Crippen MR) is 113 cm³/mol. The first-order valence-corrected chi connectivity index (χ1v) is 10.00. The van der Waals surface area contributed by atoms with Crippen molar-refractivity contribution in [2.24, 2.45) is 0 Å². The van der Waals surface area contributed by atoms with Crippen LogP contribution in [0.3, 0.4) is 0 Å². The number of hydrogen-bond donors (Lipinski definition) is 2. The molecule has 0 unspecified atom stereocenters. The Morgan fingerprint density at radius 1 is 1.13 bits per heavy atom. The van der Waals surface area contributed by atoms with Crippen molar-refractivity contribution in [1.82, 2.24) is 20.3 Å². The van der Waals surface area contributed by atoms with E-state index < -0.39 is 11.3 Å². The summed E-state index contributed by atoms with van der Waals surface area (Å²) in [6, 6.07) is 13.7. The van der Waals surface area contributed by atoms with Crippen LogP contribution in [0.1, 0.15) is 31.7 Å². The first kappa shape index (κ1) is 20.4. The average Bonchev–Trinajstić information content (AvgIpc) is 2.77. The van der Waals surface area contributed by atoms with Crippen LogP contribution in [0.15, 0.2) is 53.3 Å². The number of anilines is 1. The molecule has 0 bridgehead atoms. The van der Waals surface area contributed by atoms with E-state index in [0.29, 0.717) is 35.9 Å². The molecule has 1 aromatic heterocycles. The zero-order chi connectivity index (χ0) is 22.0. The smallest absolute Gasteiger partial charge is 0.278 e. The quantitative estimate of drug-likeness (QED) is 0.605. The summed E-state index contributed by atoms with van der Waals surface area (Å²) in [5.41, 5.74) is 0.630. The largest absolute Gasteiger partial charge is 0.324 e. The van der Waals surface area contributed by atoms with Gasteiger partial charge in [-0.05, 0) is 42.7 Å². The number of rotatable bonds is 5. The zero-order valence-corrected chi connectivity index (χ0v) is 16.9. The SMILES string of the molecule is CC[C@@]1(c2ccc(NC(=O)Cn3nnc4ccccc4c3=O)cc2)CCC(=O)NC1=O. The maximum Gasteiger partial charge on any atom is 0.278 e. The number of amides is 3. The fourth-order valence-electron chi connectivity index (χ4n) is 3.90. The van der Waals surface area contributed by atoms with E-state index in [1.807, 2.05) is 6.92 Å². The van der Waals surface area contributed by atoms with Gasteiger partial charge in [0.05, 0.1) is 10.8 Å². The summed E-state index contributed by atoms with van der Waals surface area (Å²) in [5.74, 6) is -0.979. The molecule has 0 saturated carbocycles. The minimum Gasteiger partial charge on any atom is -0.324 e. The van der Waals surface area contributed by atoms with Crippen LogP contribution in [0.5, 0.6) is 0 Å². The third-order valence-corrected chi connectivity index (χ3v) is 5.71. The molecule has 1 fully saturated rings. The first-order chi connectivity index (χ1) is 14.9. The highest BCUT2D eigenvalue weighted by molar-refractivity contribution is 6.03. The minimum atomic E-state index is -0.759. The molecular formula is C22H21N5O4. The van der Waals surface area contributed by atoms with Gasteiger partial charge in [-0.2, -0.15) is 0 Å². The second kappa shape index (κ2) is 8.10. The van der Waals surface area contributed by atoms with Gasteiger partial charge in [0.1, 0.15) is 12.1 Å². The van der Waals surface area contributed by atoms with Crippen molar-refractivity contribution in [2.75, 3.05) is 5.32 Å². The van der Waals surface area contributed by atoms with E-state index in [1.165, 1.54) is 0 Å². The molecule has 1 aliphatic rings. The summed E-state index contributed by atoms with van der Waals surface area (Å²) in [7, 11) is 0. The summed E-state index contributed by atoms with van der Waals surface area (Å²) < 4.78 is 1.02. The molecule has 0 radical (unpaired) electrons. The van der Waals surface area contributed by atoms with E-state index in [2.05, 4.69) is 20.9 Å². The lowest BCUT2D eigenvalue weighted by Gasteiger charge is -2.35. The average molecular weight is 419 g/mol. The Balaban J connectivity index is 1.49. The lowest BCUT2D eigenvalue weighted by atomic mass is 9.72. The van der Waals surface area contributed by atoms with E-state index in [4.69, 9.17) is 0 Å². The van der Waals surface area contributed by atoms with Crippen LogP contribution in [0, 0.1) is 0 Å². The molecule has 31 heavy (non-hydrogen) atoms. The number of nitrogens with one attached hydrogen (secondary N) is 2. The first-order valence-electron chi connectivity index (χ1n) is 10.00. The summed E-state index contributed by atoms with van der Waals surface area (Å²) in [4.78, 5) is 48.9. The van der Waals surface area contributed by atoms with E-state index in [1.54, 1.807) is 48.5 Å². The molecule has 9 heteroatoms. The molecule has 0 aliphatic carbocycles. The number of carbonyl (C=O) groups is 3. The zero-order valence-electron chi connectivity index (χ0n) is 16.9. The maximum absolute atomic E-state index is 12.5. The molecule has 0 spiro atoms. The molecular weight excluding hydrogens is 398 g/mol. The van der Waals surface area contributed by atoms with Crippen molar-refractivity contribution >= 4 is 34.3 Å². The number of imide groups is 1. The monoisotopic (exact) mass is 419 g/mol. The number of aromatic nitrogens is 3. The Bertz CT molecular complexity index is 1230. The number of hydrogen-bond acceptors (Lipinski definition) is 6. The third kappa shape index (κ3) is 3.81. The molecule has 2 aromatic carbocycles. The van der Waals surface area contributed by atoms with Crippen molar-refractivity contribution in [2.45, 2.75) is 38.1 Å². The molecule has 2 N–H and O–H groups in total. The Morgan fingerprint density at radius 2 is 1.87 bits per heavy atom. The van der Waals surface area contributed by atoms with Crippen molar-refractivity contribution < 1.29 is 14.4 Å². The molecule has 3 amide bonds. The molecule has 1 aliphatic heterocycles. The highest BCUT2D eigenvalue weighted by Gasteiger charge is 2.42. The van der Waals surface area contributed by atoms with Crippen molar-refractivity contribution in [3.8, 4) is 0 Å². The number of nitrogens with zero attached hydrogens (tertiary/aromatic N) is 3. The minimum absolute atomic E-state index is 0.259. The van der Waals surface area contributed by atoms with Gasteiger partial charge in [0.2, 0.25) is 17.7 Å². The van der Waals surface area contributed by atoms with Crippen LogP contribution < -0.4 is 16.2 Å². The number of fused-ring (bicyclic) bond motifs is 1. The van der Waals surface area contributed by atoms with Gasteiger partial charge < -0.3 is 5.32 Å². The van der Waals surface area contributed by atoms with Gasteiger partial charge in [-0.15, -0.1) is 5.10 Å². The third-order valence-electron chi connectivity index (χ3n) is 5.71. The summed E-state index contributed by atoms with van der Waals surface area (Å²) in [6.45, 7) is 1.63. The number of piperidine rings is 1. The van der Waals surface area contributed by atoms with Crippen LogP contribution in [0.2, 0.25) is 0 Å².